The second-order valence-corrected chi connectivity index (χ2v) is 4.16. The van der Waals surface area contributed by atoms with Crippen molar-refractivity contribution in [3.8, 4) is 0 Å². The molecule has 0 aromatic rings. The highest BCUT2D eigenvalue weighted by Gasteiger charge is 2.24. The molecule has 1 aliphatic rings. The van der Waals surface area contributed by atoms with Crippen LogP contribution in [0, 0.1) is 11.8 Å². The molecule has 1 atom stereocenters. The fraction of sp³-hybridized carbons (Fsp3) is 0.429. The molecule has 1 aliphatic heterocycles. The van der Waals surface area contributed by atoms with Crippen LogP contribution in [-0.2, 0) is 4.74 Å². The molecule has 0 amide bonds. The molecule has 0 spiro atoms. The Morgan fingerprint density at radius 2 is 2.13 bits per heavy atom. The molecule has 0 aromatic carbocycles. The molecule has 0 radical (unpaired) electrons. The quantitative estimate of drug-likeness (QED) is 0.634. The summed E-state index contributed by atoms with van der Waals surface area (Å²) in [7, 11) is 0. The highest BCUT2D eigenvalue weighted by molar-refractivity contribution is 5.31. The van der Waals surface area contributed by atoms with E-state index in [9.17, 15) is 0 Å². The first-order valence-electron chi connectivity index (χ1n) is 5.48. The lowest BCUT2D eigenvalue weighted by Gasteiger charge is -2.30. The van der Waals surface area contributed by atoms with Gasteiger partial charge in [-0.2, -0.15) is 0 Å². The van der Waals surface area contributed by atoms with Gasteiger partial charge < -0.3 is 4.74 Å². The zero-order valence-corrected chi connectivity index (χ0v) is 9.70. The van der Waals surface area contributed by atoms with Crippen LogP contribution in [0.2, 0.25) is 0 Å². The molecule has 1 fully saturated rings. The maximum Gasteiger partial charge on any atom is 0.122 e. The van der Waals surface area contributed by atoms with Crippen LogP contribution >= 0.6 is 0 Å². The molecule has 0 bridgehead atoms. The minimum atomic E-state index is 0.558. The fourth-order valence-electron chi connectivity index (χ4n) is 1.86. The predicted molar refractivity (Wildman–Crippen MR) is 65.5 cm³/mol. The smallest absolute Gasteiger partial charge is 0.122 e. The maximum atomic E-state index is 5.59. The number of hydrogen-bond acceptors (Lipinski definition) is 1. The van der Waals surface area contributed by atoms with Crippen molar-refractivity contribution in [3.63, 3.8) is 0 Å². The normalized spacial score (nSPS) is 24.9. The van der Waals surface area contributed by atoms with Gasteiger partial charge in [-0.1, -0.05) is 45.2 Å². The van der Waals surface area contributed by atoms with Crippen LogP contribution in [0.1, 0.15) is 20.3 Å². The van der Waals surface area contributed by atoms with Crippen molar-refractivity contribution in [1.82, 2.24) is 0 Å². The van der Waals surface area contributed by atoms with Crippen molar-refractivity contribution >= 4 is 0 Å². The highest BCUT2D eigenvalue weighted by atomic mass is 16.5. The van der Waals surface area contributed by atoms with Crippen molar-refractivity contribution < 1.29 is 4.74 Å². The molecule has 1 heteroatoms. The third kappa shape index (κ3) is 3.12. The highest BCUT2D eigenvalue weighted by Crippen LogP contribution is 2.33. The fourth-order valence-corrected chi connectivity index (χ4v) is 1.86. The van der Waals surface area contributed by atoms with Gasteiger partial charge >= 0.3 is 0 Å². The van der Waals surface area contributed by atoms with Gasteiger partial charge in [0.25, 0.3) is 0 Å². The lowest BCUT2D eigenvalue weighted by molar-refractivity contribution is 0.153. The van der Waals surface area contributed by atoms with Crippen molar-refractivity contribution in [1.29, 1.82) is 0 Å². The van der Waals surface area contributed by atoms with Gasteiger partial charge in [-0.25, -0.2) is 0 Å². The van der Waals surface area contributed by atoms with E-state index in [2.05, 4.69) is 27.0 Å². The Morgan fingerprint density at radius 1 is 1.40 bits per heavy atom. The average Bonchev–Trinajstić information content (AvgIpc) is 2.20. The van der Waals surface area contributed by atoms with Crippen molar-refractivity contribution in [3.05, 3.63) is 48.8 Å². The molecule has 15 heavy (non-hydrogen) atoms. The first-order chi connectivity index (χ1) is 7.16. The van der Waals surface area contributed by atoms with Gasteiger partial charge in [0.1, 0.15) is 5.76 Å². The van der Waals surface area contributed by atoms with Crippen LogP contribution < -0.4 is 0 Å². The summed E-state index contributed by atoms with van der Waals surface area (Å²) in [5, 5.41) is 0. The van der Waals surface area contributed by atoms with E-state index in [-0.39, 0.29) is 0 Å². The zero-order valence-electron chi connectivity index (χ0n) is 9.70. The monoisotopic (exact) mass is 204 g/mol. The van der Waals surface area contributed by atoms with E-state index in [0.29, 0.717) is 11.8 Å². The van der Waals surface area contributed by atoms with Crippen LogP contribution in [0.4, 0.5) is 0 Å². The van der Waals surface area contributed by atoms with Crippen LogP contribution in [-0.4, -0.2) is 6.61 Å². The second kappa shape index (κ2) is 5.59. The lowest BCUT2D eigenvalue weighted by atomic mass is 9.84. The Bertz CT molecular complexity index is 294. The van der Waals surface area contributed by atoms with Crippen molar-refractivity contribution in [2.24, 2.45) is 11.8 Å². The lowest BCUT2D eigenvalue weighted by Crippen LogP contribution is -2.21. The summed E-state index contributed by atoms with van der Waals surface area (Å²) >= 11 is 0. The van der Waals surface area contributed by atoms with Gasteiger partial charge in [0.2, 0.25) is 0 Å². The molecule has 1 heterocycles. The molecule has 1 rings (SSSR count). The second-order valence-electron chi connectivity index (χ2n) is 4.16. The number of allylic oxidation sites excluding steroid dienone is 5. The van der Waals surface area contributed by atoms with E-state index in [4.69, 9.17) is 4.74 Å². The third-order valence-electron chi connectivity index (χ3n) is 2.75. The Hall–Kier alpha value is -1.24. The van der Waals surface area contributed by atoms with E-state index in [0.717, 1.165) is 24.4 Å². The van der Waals surface area contributed by atoms with E-state index in [1.54, 1.807) is 6.08 Å². The maximum absolute atomic E-state index is 5.59. The van der Waals surface area contributed by atoms with Gasteiger partial charge in [-0.05, 0) is 29.9 Å². The summed E-state index contributed by atoms with van der Waals surface area (Å²) in [6.45, 7) is 13.0. The summed E-state index contributed by atoms with van der Waals surface area (Å²) in [6, 6.07) is 0. The van der Waals surface area contributed by atoms with E-state index in [1.807, 2.05) is 18.2 Å². The Balaban J connectivity index is 2.74. The van der Waals surface area contributed by atoms with Gasteiger partial charge in [0.05, 0.1) is 6.61 Å². The summed E-state index contributed by atoms with van der Waals surface area (Å²) < 4.78 is 5.59. The van der Waals surface area contributed by atoms with Crippen LogP contribution in [0.25, 0.3) is 0 Å². The molecule has 0 saturated carbocycles. The van der Waals surface area contributed by atoms with Crippen molar-refractivity contribution in [2.75, 3.05) is 6.61 Å². The summed E-state index contributed by atoms with van der Waals surface area (Å²) in [5.41, 5.74) is 1.13. The van der Waals surface area contributed by atoms with Gasteiger partial charge in [-0.15, -0.1) is 0 Å². The van der Waals surface area contributed by atoms with Crippen LogP contribution in [0.5, 0.6) is 0 Å². The molecule has 0 N–H and O–H groups in total. The molecular weight excluding hydrogens is 184 g/mol. The largest absolute Gasteiger partial charge is 0.493 e. The van der Waals surface area contributed by atoms with E-state index >= 15 is 0 Å². The number of rotatable bonds is 3. The average molecular weight is 204 g/mol. The molecule has 82 valence electrons. The van der Waals surface area contributed by atoms with Gasteiger partial charge in [0, 0.05) is 0 Å². The summed E-state index contributed by atoms with van der Waals surface area (Å²) in [6.07, 6.45) is 8.64. The summed E-state index contributed by atoms with van der Waals surface area (Å²) in [4.78, 5) is 0. The van der Waals surface area contributed by atoms with E-state index in [1.165, 1.54) is 0 Å². The molecule has 1 saturated heterocycles. The number of ether oxygens (including phenoxy) is 1. The van der Waals surface area contributed by atoms with Crippen LogP contribution in [0.15, 0.2) is 48.8 Å². The SMILES string of the molecule is C=C/C=C\C=C1\OCC[C@H](C(C)C)C1=C. The Labute approximate surface area is 92.8 Å². The standard InChI is InChI=1S/C14H20O/c1-5-6-7-8-14-12(4)13(11(2)3)9-10-15-14/h5-8,11,13H,1,4,9-10H2,2-3H3/b7-6-,14-8+/t13-/m1/s1. The minimum absolute atomic E-state index is 0.558. The summed E-state index contributed by atoms with van der Waals surface area (Å²) in [5.74, 6) is 2.12. The minimum Gasteiger partial charge on any atom is -0.493 e. The third-order valence-corrected chi connectivity index (χ3v) is 2.75. The molecule has 0 aliphatic carbocycles. The Morgan fingerprint density at radius 3 is 2.73 bits per heavy atom. The molecular formula is C14H20O. The topological polar surface area (TPSA) is 9.23 Å². The number of hydrogen-bond donors (Lipinski definition) is 0. The van der Waals surface area contributed by atoms with E-state index < -0.39 is 0 Å². The zero-order chi connectivity index (χ0) is 11.3. The van der Waals surface area contributed by atoms with Gasteiger partial charge in [0.15, 0.2) is 0 Å². The van der Waals surface area contributed by atoms with Crippen molar-refractivity contribution in [2.45, 2.75) is 20.3 Å². The molecule has 0 aromatic heterocycles. The first-order valence-corrected chi connectivity index (χ1v) is 5.48. The Kier molecular flexibility index (Phi) is 4.41. The van der Waals surface area contributed by atoms with Crippen LogP contribution in [0.3, 0.4) is 0 Å². The molecule has 0 unspecified atom stereocenters. The van der Waals surface area contributed by atoms with Gasteiger partial charge in [-0.3, -0.25) is 0 Å². The first kappa shape index (κ1) is 11.8. The predicted octanol–water partition coefficient (Wildman–Crippen LogP) is 3.86. The molecule has 1 nitrogen and oxygen atoms in total.